The van der Waals surface area contributed by atoms with Crippen molar-refractivity contribution in [1.82, 2.24) is 14.5 Å². The van der Waals surface area contributed by atoms with Crippen LogP contribution in [0, 0.1) is 25.2 Å². The van der Waals surface area contributed by atoms with Gasteiger partial charge >= 0.3 is 0 Å². The predicted octanol–water partition coefficient (Wildman–Crippen LogP) is 3.02. The largest absolute Gasteiger partial charge is 0.396 e. The lowest BCUT2D eigenvalue weighted by Crippen LogP contribution is -2.56. The highest BCUT2D eigenvalue weighted by Crippen LogP contribution is 2.27. The van der Waals surface area contributed by atoms with E-state index in [1.54, 1.807) is 6.33 Å². The summed E-state index contributed by atoms with van der Waals surface area (Å²) in [4.78, 5) is 21.5. The molecule has 1 aliphatic rings. The number of carbonyl (C=O) groups is 1. The number of aryl methyl sites for hydroxylation is 1. The smallest absolute Gasteiger partial charge is 0.241 e. The molecule has 7 nitrogen and oxygen atoms in total. The molecule has 1 aliphatic heterocycles. The van der Waals surface area contributed by atoms with E-state index in [-0.39, 0.29) is 18.6 Å². The Morgan fingerprint density at radius 2 is 1.94 bits per heavy atom. The Hall–Kier alpha value is -3.47. The second kappa shape index (κ2) is 9.99. The molecule has 1 unspecified atom stereocenters. The summed E-state index contributed by atoms with van der Waals surface area (Å²) in [6.07, 6.45) is 4.22. The fourth-order valence-electron chi connectivity index (χ4n) is 4.40. The summed E-state index contributed by atoms with van der Waals surface area (Å²) < 4.78 is 2.07. The van der Waals surface area contributed by atoms with Crippen molar-refractivity contribution in [3.63, 3.8) is 0 Å². The number of nitrogens with zero attached hydrogens (tertiary/aromatic N) is 5. The van der Waals surface area contributed by atoms with Gasteiger partial charge in [-0.1, -0.05) is 24.3 Å². The Kier molecular flexibility index (Phi) is 6.87. The molecule has 0 aliphatic carbocycles. The molecule has 170 valence electrons. The number of carbonyl (C=O) groups excluding carboxylic acids is 1. The van der Waals surface area contributed by atoms with Gasteiger partial charge in [0.05, 0.1) is 30.2 Å². The number of benzene rings is 2. The molecule has 1 aromatic heterocycles. The molecule has 0 radical (unpaired) electrons. The molecule has 0 bridgehead atoms. The van der Waals surface area contributed by atoms with Crippen LogP contribution in [-0.2, 0) is 17.9 Å². The molecule has 2 aromatic carbocycles. The van der Waals surface area contributed by atoms with Gasteiger partial charge in [-0.15, -0.1) is 0 Å². The first-order valence-corrected chi connectivity index (χ1v) is 11.2. The average Bonchev–Trinajstić information content (AvgIpc) is 3.24. The van der Waals surface area contributed by atoms with Crippen molar-refractivity contribution in [2.75, 3.05) is 24.6 Å². The molecular formula is C26H29N5O2. The van der Waals surface area contributed by atoms with Crippen molar-refractivity contribution in [1.29, 1.82) is 5.26 Å². The van der Waals surface area contributed by atoms with E-state index in [4.69, 9.17) is 5.26 Å². The van der Waals surface area contributed by atoms with Gasteiger partial charge < -0.3 is 14.6 Å². The van der Waals surface area contributed by atoms with Crippen LogP contribution >= 0.6 is 0 Å². The van der Waals surface area contributed by atoms with Gasteiger partial charge in [-0.05, 0) is 55.2 Å². The number of aliphatic hydroxyl groups is 1. The maximum Gasteiger partial charge on any atom is 0.241 e. The number of piperazine rings is 1. The fraction of sp³-hybridized carbons (Fsp3) is 0.346. The average molecular weight is 444 g/mol. The number of amides is 1. The van der Waals surface area contributed by atoms with E-state index >= 15 is 0 Å². The molecular weight excluding hydrogens is 414 g/mol. The van der Waals surface area contributed by atoms with Gasteiger partial charge in [-0.25, -0.2) is 4.98 Å². The van der Waals surface area contributed by atoms with Crippen LogP contribution in [-0.4, -0.2) is 51.2 Å². The Balaban J connectivity index is 1.51. The molecule has 2 heterocycles. The first-order valence-electron chi connectivity index (χ1n) is 11.2. The van der Waals surface area contributed by atoms with Gasteiger partial charge in [0, 0.05) is 44.2 Å². The summed E-state index contributed by atoms with van der Waals surface area (Å²) >= 11 is 0. The zero-order valence-electron chi connectivity index (χ0n) is 19.1. The van der Waals surface area contributed by atoms with Crippen LogP contribution in [0.5, 0.6) is 0 Å². The fourth-order valence-corrected chi connectivity index (χ4v) is 4.40. The first kappa shape index (κ1) is 22.7. The molecule has 4 rings (SSSR count). The minimum Gasteiger partial charge on any atom is -0.396 e. The van der Waals surface area contributed by atoms with Gasteiger partial charge in [0.1, 0.15) is 0 Å². The third-order valence-electron chi connectivity index (χ3n) is 6.48. The van der Waals surface area contributed by atoms with Gasteiger partial charge in [0.25, 0.3) is 0 Å². The van der Waals surface area contributed by atoms with Crippen LogP contribution in [0.3, 0.4) is 0 Å². The van der Waals surface area contributed by atoms with E-state index in [0.29, 0.717) is 38.2 Å². The summed E-state index contributed by atoms with van der Waals surface area (Å²) in [6.45, 7) is 6.23. The molecule has 7 heteroatoms. The highest BCUT2D eigenvalue weighted by molar-refractivity contribution is 5.96. The number of hydrogen-bond donors (Lipinski definition) is 1. The van der Waals surface area contributed by atoms with Crippen molar-refractivity contribution in [2.45, 2.75) is 39.4 Å². The number of rotatable bonds is 7. The van der Waals surface area contributed by atoms with Crippen LogP contribution < -0.4 is 4.90 Å². The van der Waals surface area contributed by atoms with Crippen molar-refractivity contribution < 1.29 is 9.90 Å². The maximum absolute atomic E-state index is 13.2. The molecule has 0 saturated carbocycles. The normalized spacial score (nSPS) is 16.7. The van der Waals surface area contributed by atoms with Crippen molar-refractivity contribution in [3.8, 4) is 6.07 Å². The first-order chi connectivity index (χ1) is 16.0. The third-order valence-corrected chi connectivity index (χ3v) is 6.48. The molecule has 1 atom stereocenters. The molecule has 0 spiro atoms. The van der Waals surface area contributed by atoms with Crippen molar-refractivity contribution in [2.24, 2.45) is 0 Å². The van der Waals surface area contributed by atoms with E-state index in [0.717, 1.165) is 28.1 Å². The number of hydrogen-bond acceptors (Lipinski definition) is 5. The van der Waals surface area contributed by atoms with Gasteiger partial charge in [0.2, 0.25) is 5.91 Å². The van der Waals surface area contributed by atoms with Crippen LogP contribution in [0.15, 0.2) is 55.0 Å². The summed E-state index contributed by atoms with van der Waals surface area (Å²) in [5, 5.41) is 18.7. The minimum absolute atomic E-state index is 0.0471. The van der Waals surface area contributed by atoms with Crippen LogP contribution in [0.2, 0.25) is 0 Å². The Morgan fingerprint density at radius 3 is 2.67 bits per heavy atom. The Bertz CT molecular complexity index is 1160. The minimum atomic E-state index is 0.0471. The topological polar surface area (TPSA) is 85.4 Å². The zero-order valence-corrected chi connectivity index (χ0v) is 19.1. The highest BCUT2D eigenvalue weighted by Gasteiger charge is 2.33. The lowest BCUT2D eigenvalue weighted by molar-refractivity contribution is -0.123. The standard InChI is InChI=1S/C26H29N5O2/c1-19-4-3-5-25(20(19)2)31-16-23(10-11-32)29(17-26(31)33)15-24-13-28-18-30(24)14-22-8-6-21(12-27)7-9-22/h3-9,13,18,23,32H,10-11,14-17H2,1-2H3. The number of imidazole rings is 1. The summed E-state index contributed by atoms with van der Waals surface area (Å²) in [5.74, 6) is 0.0658. The molecule has 1 fully saturated rings. The van der Waals surface area contributed by atoms with E-state index in [9.17, 15) is 9.90 Å². The SMILES string of the molecule is Cc1cccc(N2CC(CCO)N(Cc3cncn3Cc3ccc(C#N)cc3)CC2=O)c1C. The summed E-state index contributed by atoms with van der Waals surface area (Å²) in [6, 6.07) is 15.7. The Morgan fingerprint density at radius 1 is 1.15 bits per heavy atom. The quantitative estimate of drug-likeness (QED) is 0.607. The lowest BCUT2D eigenvalue weighted by Gasteiger charge is -2.41. The van der Waals surface area contributed by atoms with E-state index in [1.807, 2.05) is 54.4 Å². The van der Waals surface area contributed by atoms with Crippen LogP contribution in [0.1, 0.15) is 34.4 Å². The molecule has 1 N–H and O–H groups in total. The Labute approximate surface area is 194 Å². The van der Waals surface area contributed by atoms with Crippen molar-refractivity contribution in [3.05, 3.63) is 82.9 Å². The highest BCUT2D eigenvalue weighted by atomic mass is 16.3. The van der Waals surface area contributed by atoms with Gasteiger partial charge in [0.15, 0.2) is 0 Å². The summed E-state index contributed by atoms with van der Waals surface area (Å²) in [5.41, 5.74) is 5.95. The maximum atomic E-state index is 13.2. The summed E-state index contributed by atoms with van der Waals surface area (Å²) in [7, 11) is 0. The van der Waals surface area contributed by atoms with Crippen LogP contribution in [0.4, 0.5) is 5.69 Å². The predicted molar refractivity (Wildman–Crippen MR) is 127 cm³/mol. The molecule has 1 saturated heterocycles. The monoisotopic (exact) mass is 443 g/mol. The van der Waals surface area contributed by atoms with E-state index < -0.39 is 0 Å². The molecule has 1 amide bonds. The second-order valence-electron chi connectivity index (χ2n) is 8.62. The van der Waals surface area contributed by atoms with Gasteiger partial charge in [-0.3, -0.25) is 9.69 Å². The lowest BCUT2D eigenvalue weighted by atomic mass is 10.0. The number of nitriles is 1. The third kappa shape index (κ3) is 4.98. The zero-order chi connectivity index (χ0) is 23.4. The van der Waals surface area contributed by atoms with Crippen molar-refractivity contribution >= 4 is 11.6 Å². The van der Waals surface area contributed by atoms with E-state index in [2.05, 4.69) is 33.5 Å². The van der Waals surface area contributed by atoms with Crippen LogP contribution in [0.25, 0.3) is 0 Å². The number of anilines is 1. The molecule has 3 aromatic rings. The number of aliphatic hydroxyl groups excluding tert-OH is 1. The van der Waals surface area contributed by atoms with Gasteiger partial charge in [-0.2, -0.15) is 5.26 Å². The molecule has 33 heavy (non-hydrogen) atoms. The van der Waals surface area contributed by atoms with E-state index in [1.165, 1.54) is 0 Å². The second-order valence-corrected chi connectivity index (χ2v) is 8.62. The number of aromatic nitrogens is 2.